The SMILES string of the molecule is CC/C=N\C=C/C(CC)C/C(N)=N\C=N/CC. The van der Waals surface area contributed by atoms with Gasteiger partial charge < -0.3 is 5.73 Å². The molecule has 0 rings (SSSR count). The van der Waals surface area contributed by atoms with Crippen molar-refractivity contribution < 1.29 is 0 Å². The zero-order valence-corrected chi connectivity index (χ0v) is 11.1. The molecule has 0 saturated heterocycles. The van der Waals surface area contributed by atoms with Crippen LogP contribution in [0.5, 0.6) is 0 Å². The molecule has 1 atom stereocenters. The molecular formula is C13H24N4. The lowest BCUT2D eigenvalue weighted by Crippen LogP contribution is -2.16. The minimum atomic E-state index is 0.391. The summed E-state index contributed by atoms with van der Waals surface area (Å²) in [5, 5.41) is 0. The van der Waals surface area contributed by atoms with Gasteiger partial charge in [0.1, 0.15) is 12.2 Å². The standard InChI is InChI=1S/C13H24N4/c1-4-8-16-9-7-12(5-2)10-13(14)17-11-15-6-3/h7-9,11-12H,4-6,10H2,1-3H3,(H2,14,15,17)/b9-7-,16-8-. The minimum Gasteiger partial charge on any atom is -0.387 e. The van der Waals surface area contributed by atoms with E-state index in [9.17, 15) is 0 Å². The third-order valence-electron chi connectivity index (χ3n) is 2.22. The molecule has 0 aliphatic heterocycles. The van der Waals surface area contributed by atoms with E-state index in [-0.39, 0.29) is 0 Å². The van der Waals surface area contributed by atoms with Crippen molar-refractivity contribution in [2.75, 3.05) is 6.54 Å². The Morgan fingerprint density at radius 3 is 2.65 bits per heavy atom. The first-order valence-corrected chi connectivity index (χ1v) is 6.23. The molecule has 0 radical (unpaired) electrons. The van der Waals surface area contributed by atoms with Gasteiger partial charge in [0.25, 0.3) is 0 Å². The molecule has 17 heavy (non-hydrogen) atoms. The molecule has 0 aromatic rings. The van der Waals surface area contributed by atoms with Gasteiger partial charge >= 0.3 is 0 Å². The quantitative estimate of drug-likeness (QED) is 0.511. The molecule has 4 heteroatoms. The Kier molecular flexibility index (Phi) is 10.1. The van der Waals surface area contributed by atoms with Gasteiger partial charge in [0, 0.05) is 25.4 Å². The third kappa shape index (κ3) is 9.48. The predicted molar refractivity (Wildman–Crippen MR) is 77.0 cm³/mol. The van der Waals surface area contributed by atoms with E-state index >= 15 is 0 Å². The normalized spacial score (nSPS) is 15.4. The first kappa shape index (κ1) is 15.6. The van der Waals surface area contributed by atoms with Crippen molar-refractivity contribution in [1.82, 2.24) is 0 Å². The van der Waals surface area contributed by atoms with Crippen molar-refractivity contribution >= 4 is 18.4 Å². The topological polar surface area (TPSA) is 63.1 Å². The van der Waals surface area contributed by atoms with Crippen LogP contribution in [0.1, 0.15) is 40.0 Å². The van der Waals surface area contributed by atoms with E-state index < -0.39 is 0 Å². The molecule has 4 nitrogen and oxygen atoms in total. The van der Waals surface area contributed by atoms with E-state index in [4.69, 9.17) is 5.73 Å². The molecule has 0 aromatic carbocycles. The number of hydrogen-bond donors (Lipinski definition) is 1. The molecule has 0 heterocycles. The fourth-order valence-electron chi connectivity index (χ4n) is 1.20. The Morgan fingerprint density at radius 2 is 2.06 bits per heavy atom. The Labute approximate surface area is 104 Å². The minimum absolute atomic E-state index is 0.391. The Balaban J connectivity index is 4.20. The van der Waals surface area contributed by atoms with Crippen LogP contribution < -0.4 is 5.73 Å². The maximum atomic E-state index is 5.81. The van der Waals surface area contributed by atoms with Crippen molar-refractivity contribution in [2.24, 2.45) is 26.6 Å². The van der Waals surface area contributed by atoms with Crippen LogP contribution in [0, 0.1) is 5.92 Å². The molecule has 0 fully saturated rings. The molecule has 0 bridgehead atoms. The smallest absolute Gasteiger partial charge is 0.111 e. The summed E-state index contributed by atoms with van der Waals surface area (Å²) in [4.78, 5) is 12.2. The number of rotatable bonds is 8. The summed E-state index contributed by atoms with van der Waals surface area (Å²) in [5.74, 6) is 1.01. The van der Waals surface area contributed by atoms with E-state index in [1.165, 1.54) is 6.34 Å². The average molecular weight is 236 g/mol. The molecular weight excluding hydrogens is 212 g/mol. The van der Waals surface area contributed by atoms with Crippen LogP contribution >= 0.6 is 0 Å². The van der Waals surface area contributed by atoms with Crippen LogP contribution in [0.25, 0.3) is 0 Å². The summed E-state index contributed by atoms with van der Waals surface area (Å²) >= 11 is 0. The van der Waals surface area contributed by atoms with Crippen molar-refractivity contribution in [2.45, 2.75) is 40.0 Å². The largest absolute Gasteiger partial charge is 0.387 e. The van der Waals surface area contributed by atoms with Gasteiger partial charge in [0.05, 0.1) is 0 Å². The lowest BCUT2D eigenvalue weighted by atomic mass is 10.0. The highest BCUT2D eigenvalue weighted by Crippen LogP contribution is 2.09. The summed E-state index contributed by atoms with van der Waals surface area (Å²) < 4.78 is 0. The number of nitrogens with zero attached hydrogens (tertiary/aromatic N) is 3. The van der Waals surface area contributed by atoms with Crippen LogP contribution in [0.4, 0.5) is 0 Å². The van der Waals surface area contributed by atoms with Crippen molar-refractivity contribution in [1.29, 1.82) is 0 Å². The van der Waals surface area contributed by atoms with E-state index in [1.54, 1.807) is 0 Å². The number of aliphatic imine (C=N–C) groups is 3. The predicted octanol–water partition coefficient (Wildman–Crippen LogP) is 2.80. The molecule has 2 N–H and O–H groups in total. The molecule has 0 amide bonds. The Bertz CT molecular complexity index is 290. The molecule has 0 saturated carbocycles. The first-order chi connectivity index (χ1) is 8.24. The number of amidine groups is 1. The van der Waals surface area contributed by atoms with Crippen molar-refractivity contribution in [3.63, 3.8) is 0 Å². The third-order valence-corrected chi connectivity index (χ3v) is 2.22. The monoisotopic (exact) mass is 236 g/mol. The van der Waals surface area contributed by atoms with Gasteiger partial charge in [-0.1, -0.05) is 19.9 Å². The summed E-state index contributed by atoms with van der Waals surface area (Å²) in [6, 6.07) is 0. The maximum Gasteiger partial charge on any atom is 0.111 e. The lowest BCUT2D eigenvalue weighted by molar-refractivity contribution is 0.652. The molecule has 0 spiro atoms. The highest BCUT2D eigenvalue weighted by atomic mass is 14.9. The highest BCUT2D eigenvalue weighted by molar-refractivity contribution is 5.87. The van der Waals surface area contributed by atoms with E-state index in [2.05, 4.69) is 34.9 Å². The zero-order chi connectivity index (χ0) is 12.9. The summed E-state index contributed by atoms with van der Waals surface area (Å²) in [5.41, 5.74) is 5.81. The maximum absolute atomic E-state index is 5.81. The van der Waals surface area contributed by atoms with Gasteiger partial charge in [0.2, 0.25) is 0 Å². The molecule has 96 valence electrons. The Morgan fingerprint density at radius 1 is 1.29 bits per heavy atom. The second kappa shape index (κ2) is 11.0. The van der Waals surface area contributed by atoms with Gasteiger partial charge in [-0.15, -0.1) is 0 Å². The summed E-state index contributed by atoms with van der Waals surface area (Å²) in [7, 11) is 0. The first-order valence-electron chi connectivity index (χ1n) is 6.23. The van der Waals surface area contributed by atoms with Crippen LogP contribution in [-0.2, 0) is 0 Å². The molecule has 0 aliphatic rings. The van der Waals surface area contributed by atoms with E-state index in [0.717, 1.165) is 25.8 Å². The van der Waals surface area contributed by atoms with Crippen molar-refractivity contribution in [3.05, 3.63) is 12.3 Å². The van der Waals surface area contributed by atoms with Crippen LogP contribution in [0.2, 0.25) is 0 Å². The van der Waals surface area contributed by atoms with Gasteiger partial charge in [-0.2, -0.15) is 0 Å². The molecule has 0 aliphatic carbocycles. The van der Waals surface area contributed by atoms with Gasteiger partial charge in [-0.3, -0.25) is 9.98 Å². The van der Waals surface area contributed by atoms with Crippen LogP contribution in [-0.4, -0.2) is 24.9 Å². The lowest BCUT2D eigenvalue weighted by Gasteiger charge is -2.07. The fourth-order valence-corrected chi connectivity index (χ4v) is 1.20. The van der Waals surface area contributed by atoms with E-state index in [1.807, 2.05) is 19.3 Å². The van der Waals surface area contributed by atoms with Crippen LogP contribution in [0.3, 0.4) is 0 Å². The summed E-state index contributed by atoms with van der Waals surface area (Å²) in [6.45, 7) is 6.89. The van der Waals surface area contributed by atoms with E-state index in [0.29, 0.717) is 11.8 Å². The molecule has 0 aromatic heterocycles. The van der Waals surface area contributed by atoms with Crippen molar-refractivity contribution in [3.8, 4) is 0 Å². The van der Waals surface area contributed by atoms with Crippen LogP contribution in [0.15, 0.2) is 27.3 Å². The highest BCUT2D eigenvalue weighted by Gasteiger charge is 2.03. The second-order valence-corrected chi connectivity index (χ2v) is 3.69. The van der Waals surface area contributed by atoms with Gasteiger partial charge in [-0.05, 0) is 25.7 Å². The molecule has 1 unspecified atom stereocenters. The zero-order valence-electron chi connectivity index (χ0n) is 11.1. The average Bonchev–Trinajstić information content (AvgIpc) is 2.33. The number of allylic oxidation sites excluding steroid dienone is 1. The van der Waals surface area contributed by atoms with Gasteiger partial charge in [-0.25, -0.2) is 4.99 Å². The van der Waals surface area contributed by atoms with Gasteiger partial charge in [0.15, 0.2) is 0 Å². The Hall–Kier alpha value is -1.45. The number of hydrogen-bond acceptors (Lipinski definition) is 2. The summed E-state index contributed by atoms with van der Waals surface area (Å²) in [6.07, 6.45) is 10.1. The number of nitrogens with two attached hydrogens (primary N) is 1. The second-order valence-electron chi connectivity index (χ2n) is 3.69. The fraction of sp³-hybridized carbons (Fsp3) is 0.615.